The summed E-state index contributed by atoms with van der Waals surface area (Å²) < 4.78 is 12.7. The van der Waals surface area contributed by atoms with E-state index in [1.54, 1.807) is 18.2 Å². The zero-order valence-corrected chi connectivity index (χ0v) is 18.1. The minimum absolute atomic E-state index is 0.0865. The summed E-state index contributed by atoms with van der Waals surface area (Å²) in [5, 5.41) is 29.0. The first-order valence-electron chi connectivity index (χ1n) is 9.25. The highest BCUT2D eigenvalue weighted by atomic mass is 127. The van der Waals surface area contributed by atoms with Crippen molar-refractivity contribution in [1.29, 1.82) is 0 Å². The van der Waals surface area contributed by atoms with Crippen LogP contribution in [0.25, 0.3) is 11.0 Å². The molecule has 1 aliphatic carbocycles. The molecule has 0 saturated heterocycles. The Kier molecular flexibility index (Phi) is 5.18. The van der Waals surface area contributed by atoms with Crippen molar-refractivity contribution in [2.75, 3.05) is 13.2 Å². The monoisotopic (exact) mass is 508 g/mol. The Hall–Kier alpha value is -1.94. The quantitative estimate of drug-likeness (QED) is 0.459. The van der Waals surface area contributed by atoms with Crippen molar-refractivity contribution in [3.63, 3.8) is 0 Å². The zero-order chi connectivity index (χ0) is 20.9. The highest BCUT2D eigenvalue weighted by Gasteiger charge is 2.41. The van der Waals surface area contributed by atoms with Crippen molar-refractivity contribution < 1.29 is 29.3 Å². The van der Waals surface area contributed by atoms with E-state index in [9.17, 15) is 15.0 Å². The van der Waals surface area contributed by atoms with Crippen molar-refractivity contribution in [2.45, 2.75) is 31.5 Å². The zero-order valence-electron chi connectivity index (χ0n) is 16.0. The molecule has 2 atom stereocenters. The van der Waals surface area contributed by atoms with Crippen LogP contribution in [-0.2, 0) is 5.41 Å². The van der Waals surface area contributed by atoms with Crippen LogP contribution in [0.5, 0.6) is 5.75 Å². The molecular weight excluding hydrogens is 487 g/mol. The number of hydrogen-bond donors (Lipinski definition) is 3. The molecule has 0 saturated carbocycles. The molecule has 152 valence electrons. The van der Waals surface area contributed by atoms with Gasteiger partial charge < -0.3 is 24.5 Å². The van der Waals surface area contributed by atoms with Crippen molar-refractivity contribution in [2.24, 2.45) is 0 Å². The van der Waals surface area contributed by atoms with Gasteiger partial charge in [0.25, 0.3) is 0 Å². The average Bonchev–Trinajstić information content (AvgIpc) is 3.09. The van der Waals surface area contributed by atoms with Gasteiger partial charge in [-0.3, -0.25) is 4.79 Å². The minimum Gasteiger partial charge on any atom is -0.491 e. The fourth-order valence-corrected chi connectivity index (χ4v) is 4.20. The van der Waals surface area contributed by atoms with Gasteiger partial charge in [-0.1, -0.05) is 0 Å². The number of hydrogen-bond acceptors (Lipinski definition) is 6. The lowest BCUT2D eigenvalue weighted by atomic mass is 9.72. The van der Waals surface area contributed by atoms with Crippen LogP contribution in [0.15, 0.2) is 40.8 Å². The summed E-state index contributed by atoms with van der Waals surface area (Å²) in [4.78, 5) is 13.3. The highest BCUT2D eigenvalue weighted by molar-refractivity contribution is 14.1. The normalized spacial score (nSPS) is 17.0. The van der Waals surface area contributed by atoms with Crippen molar-refractivity contribution in [1.82, 2.24) is 0 Å². The molecule has 1 heterocycles. The maximum absolute atomic E-state index is 13.3. The van der Waals surface area contributed by atoms with Crippen LogP contribution in [0.1, 0.15) is 41.1 Å². The van der Waals surface area contributed by atoms with Gasteiger partial charge in [0.1, 0.15) is 35.9 Å². The Balaban J connectivity index is 1.74. The lowest BCUT2D eigenvalue weighted by molar-refractivity contribution is -0.0339. The van der Waals surface area contributed by atoms with E-state index in [4.69, 9.17) is 14.3 Å². The number of ketones is 1. The van der Waals surface area contributed by atoms with Gasteiger partial charge in [-0.2, -0.15) is 0 Å². The SMILES string of the molecule is CC1(C)c2cc(OC[C@@H](O)C(O)CO)ccc2C(=O)c2c1oc1cc(I)ccc21. The molecule has 7 heteroatoms. The summed E-state index contributed by atoms with van der Waals surface area (Å²) in [7, 11) is 0. The van der Waals surface area contributed by atoms with Crippen LogP contribution < -0.4 is 4.74 Å². The number of aliphatic hydroxyl groups excluding tert-OH is 3. The molecule has 0 aliphatic heterocycles. The minimum atomic E-state index is -1.27. The summed E-state index contributed by atoms with van der Waals surface area (Å²) >= 11 is 2.21. The second kappa shape index (κ2) is 7.39. The van der Waals surface area contributed by atoms with Gasteiger partial charge in [-0.15, -0.1) is 0 Å². The van der Waals surface area contributed by atoms with Gasteiger partial charge in [0.2, 0.25) is 0 Å². The molecule has 1 aliphatic rings. The molecule has 3 N–H and O–H groups in total. The summed E-state index contributed by atoms with van der Waals surface area (Å²) in [6.45, 7) is 3.27. The lowest BCUT2D eigenvalue weighted by Crippen LogP contribution is -2.34. The van der Waals surface area contributed by atoms with Crippen LogP contribution in [-0.4, -0.2) is 46.5 Å². The number of carbonyl (C=O) groups is 1. The third-order valence-corrected chi connectivity index (χ3v) is 6.08. The van der Waals surface area contributed by atoms with E-state index in [1.807, 2.05) is 32.0 Å². The smallest absolute Gasteiger partial charge is 0.197 e. The van der Waals surface area contributed by atoms with Crippen LogP contribution in [0, 0.1) is 3.57 Å². The highest BCUT2D eigenvalue weighted by Crippen LogP contribution is 2.46. The topological polar surface area (TPSA) is 100 Å². The van der Waals surface area contributed by atoms with E-state index < -0.39 is 24.2 Å². The Labute approximate surface area is 181 Å². The first-order chi connectivity index (χ1) is 13.7. The Morgan fingerprint density at radius 3 is 2.62 bits per heavy atom. The fourth-order valence-electron chi connectivity index (χ4n) is 3.74. The molecule has 0 amide bonds. The van der Waals surface area contributed by atoms with E-state index >= 15 is 0 Å². The largest absolute Gasteiger partial charge is 0.491 e. The third kappa shape index (κ3) is 3.35. The molecule has 2 aromatic carbocycles. The fraction of sp³-hybridized carbons (Fsp3) is 0.318. The van der Waals surface area contributed by atoms with Gasteiger partial charge in [-0.25, -0.2) is 0 Å². The van der Waals surface area contributed by atoms with E-state index in [0.29, 0.717) is 28.2 Å². The number of fused-ring (bicyclic) bond motifs is 4. The predicted molar refractivity (Wildman–Crippen MR) is 116 cm³/mol. The summed E-state index contributed by atoms with van der Waals surface area (Å²) in [6.07, 6.45) is -2.48. The average molecular weight is 508 g/mol. The maximum atomic E-state index is 13.3. The van der Waals surface area contributed by atoms with Crippen molar-refractivity contribution in [3.8, 4) is 5.75 Å². The number of rotatable bonds is 5. The third-order valence-electron chi connectivity index (χ3n) is 5.41. The molecule has 0 bridgehead atoms. The van der Waals surface area contributed by atoms with E-state index in [2.05, 4.69) is 22.6 Å². The van der Waals surface area contributed by atoms with Crippen molar-refractivity contribution >= 4 is 39.3 Å². The molecule has 6 nitrogen and oxygen atoms in total. The molecule has 3 aromatic rings. The van der Waals surface area contributed by atoms with E-state index in [-0.39, 0.29) is 12.4 Å². The molecule has 0 spiro atoms. The molecule has 1 unspecified atom stereocenters. The Morgan fingerprint density at radius 1 is 1.14 bits per heavy atom. The van der Waals surface area contributed by atoms with Crippen LogP contribution in [0.2, 0.25) is 0 Å². The number of aliphatic hydroxyl groups is 3. The number of ether oxygens (including phenoxy) is 1. The van der Waals surface area contributed by atoms with Gasteiger partial charge in [-0.05, 0) is 78.4 Å². The number of furan rings is 1. The Morgan fingerprint density at radius 2 is 1.90 bits per heavy atom. The van der Waals surface area contributed by atoms with Gasteiger partial charge in [0, 0.05) is 19.9 Å². The van der Waals surface area contributed by atoms with Crippen LogP contribution in [0.3, 0.4) is 0 Å². The molecule has 29 heavy (non-hydrogen) atoms. The van der Waals surface area contributed by atoms with Crippen LogP contribution >= 0.6 is 22.6 Å². The van der Waals surface area contributed by atoms with Gasteiger partial charge >= 0.3 is 0 Å². The lowest BCUT2D eigenvalue weighted by Gasteiger charge is -2.31. The van der Waals surface area contributed by atoms with Crippen molar-refractivity contribution in [3.05, 3.63) is 62.4 Å². The summed E-state index contributed by atoms with van der Waals surface area (Å²) in [6, 6.07) is 11.0. The predicted octanol–water partition coefficient (Wildman–Crippen LogP) is 3.00. The number of benzene rings is 2. The number of halogens is 1. The molecular formula is C22H21IO6. The van der Waals surface area contributed by atoms with E-state index in [0.717, 1.165) is 14.5 Å². The first kappa shape index (κ1) is 20.3. The Bertz CT molecular complexity index is 1100. The molecule has 4 rings (SSSR count). The van der Waals surface area contributed by atoms with E-state index in [1.165, 1.54) is 0 Å². The number of carbonyl (C=O) groups excluding carboxylic acids is 1. The van der Waals surface area contributed by atoms with Gasteiger partial charge in [0.05, 0.1) is 12.2 Å². The molecule has 0 radical (unpaired) electrons. The van der Waals surface area contributed by atoms with Gasteiger partial charge in [0.15, 0.2) is 5.78 Å². The standard InChI is InChI=1S/C22H21IO6/c1-22(2)15-8-12(28-10-17(26)16(25)9-24)4-6-13(15)20(27)19-14-5-3-11(23)7-18(14)29-21(19)22/h3-8,16-17,24-26H,9-10H2,1-2H3/t16?,17-/m1/s1. The summed E-state index contributed by atoms with van der Waals surface area (Å²) in [5.74, 6) is 0.999. The summed E-state index contributed by atoms with van der Waals surface area (Å²) in [5.41, 5.74) is 2.09. The van der Waals surface area contributed by atoms with Crippen LogP contribution in [0.4, 0.5) is 0 Å². The molecule has 0 fully saturated rings. The first-order valence-corrected chi connectivity index (χ1v) is 10.3. The second-order valence-corrected chi connectivity index (χ2v) is 8.98. The second-order valence-electron chi connectivity index (χ2n) is 7.74. The molecule has 1 aromatic heterocycles. The maximum Gasteiger partial charge on any atom is 0.197 e.